The fraction of sp³-hybridized carbons (Fsp3) is 0.333. The first kappa shape index (κ1) is 22.6. The number of amides is 1. The van der Waals surface area contributed by atoms with Gasteiger partial charge >= 0.3 is 0 Å². The standard InChI is InChI=1S/C21H23F2N11O/c1-12-16(4-13(5-24-12)27-17(35)9-34-10-21(22,23)11-34)29-18-15-7-25-20(30-19(15)33(3)31-18)28-14-6-26-32(2)8-14/h4-8H,9-11H2,1-3H3,(H,27,35)(H,29,31)(H,25,28,30). The summed E-state index contributed by atoms with van der Waals surface area (Å²) in [7, 11) is 3.59. The molecule has 35 heavy (non-hydrogen) atoms. The van der Waals surface area contributed by atoms with E-state index >= 15 is 0 Å². The molecule has 0 spiro atoms. The molecule has 1 fully saturated rings. The Labute approximate surface area is 198 Å². The largest absolute Gasteiger partial charge is 0.337 e. The fourth-order valence-corrected chi connectivity index (χ4v) is 3.78. The number of likely N-dealkylation sites (tertiary alicyclic amines) is 1. The van der Waals surface area contributed by atoms with Gasteiger partial charge in [0.25, 0.3) is 5.92 Å². The minimum Gasteiger partial charge on any atom is -0.337 e. The van der Waals surface area contributed by atoms with Crippen molar-refractivity contribution in [1.29, 1.82) is 0 Å². The number of aryl methyl sites for hydroxylation is 3. The van der Waals surface area contributed by atoms with Crippen LogP contribution in [0.3, 0.4) is 0 Å². The number of rotatable bonds is 7. The first-order chi connectivity index (χ1) is 16.6. The Balaban J connectivity index is 1.31. The molecule has 1 amide bonds. The highest BCUT2D eigenvalue weighted by Crippen LogP contribution is 2.28. The van der Waals surface area contributed by atoms with E-state index in [2.05, 4.69) is 41.1 Å². The van der Waals surface area contributed by atoms with Crippen molar-refractivity contribution < 1.29 is 13.6 Å². The van der Waals surface area contributed by atoms with Crippen molar-refractivity contribution in [2.75, 3.05) is 35.6 Å². The molecule has 4 aromatic rings. The Hall–Kier alpha value is -4.20. The molecule has 1 saturated heterocycles. The van der Waals surface area contributed by atoms with E-state index in [1.54, 1.807) is 34.9 Å². The van der Waals surface area contributed by atoms with Crippen LogP contribution in [0.2, 0.25) is 0 Å². The van der Waals surface area contributed by atoms with Crippen LogP contribution in [0.15, 0.2) is 30.9 Å². The van der Waals surface area contributed by atoms with Crippen LogP contribution >= 0.6 is 0 Å². The number of nitrogens with zero attached hydrogens (tertiary/aromatic N) is 8. The number of alkyl halides is 2. The number of anilines is 5. The summed E-state index contributed by atoms with van der Waals surface area (Å²) in [5.74, 6) is -2.18. The molecule has 0 radical (unpaired) electrons. The van der Waals surface area contributed by atoms with Crippen LogP contribution in [-0.4, -0.2) is 70.9 Å². The molecule has 12 nitrogen and oxygen atoms in total. The van der Waals surface area contributed by atoms with E-state index in [4.69, 9.17) is 0 Å². The number of fused-ring (bicyclic) bond motifs is 1. The van der Waals surface area contributed by atoms with Gasteiger partial charge in [0.2, 0.25) is 11.9 Å². The van der Waals surface area contributed by atoms with Crippen molar-refractivity contribution >= 4 is 45.8 Å². The number of halogens is 2. The van der Waals surface area contributed by atoms with Crippen LogP contribution in [0.1, 0.15) is 5.69 Å². The lowest BCUT2D eigenvalue weighted by atomic mass is 10.1. The predicted molar refractivity (Wildman–Crippen MR) is 125 cm³/mol. The van der Waals surface area contributed by atoms with Gasteiger partial charge in [0.1, 0.15) is 0 Å². The number of carbonyl (C=O) groups is 1. The number of aromatic nitrogens is 7. The second-order valence-electron chi connectivity index (χ2n) is 8.46. The van der Waals surface area contributed by atoms with Crippen LogP contribution < -0.4 is 16.0 Å². The number of nitrogens with one attached hydrogen (secondary N) is 3. The van der Waals surface area contributed by atoms with Gasteiger partial charge in [0, 0.05) is 26.5 Å². The van der Waals surface area contributed by atoms with Crippen molar-refractivity contribution in [3.05, 3.63) is 36.5 Å². The highest BCUT2D eigenvalue weighted by Gasteiger charge is 2.44. The molecule has 0 aliphatic carbocycles. The van der Waals surface area contributed by atoms with Gasteiger partial charge in [-0.2, -0.15) is 15.2 Å². The molecule has 0 unspecified atom stereocenters. The highest BCUT2D eigenvalue weighted by atomic mass is 19.3. The molecular formula is C21H23F2N11O. The fourth-order valence-electron chi connectivity index (χ4n) is 3.78. The smallest absolute Gasteiger partial charge is 0.272 e. The Morgan fingerprint density at radius 1 is 1.11 bits per heavy atom. The Morgan fingerprint density at radius 3 is 2.63 bits per heavy atom. The van der Waals surface area contributed by atoms with Crippen LogP contribution in [0.4, 0.5) is 37.6 Å². The zero-order valence-corrected chi connectivity index (χ0v) is 19.2. The summed E-state index contributed by atoms with van der Waals surface area (Å²) in [5, 5.41) is 18.3. The number of pyridine rings is 1. The van der Waals surface area contributed by atoms with Crippen LogP contribution in [0.25, 0.3) is 11.0 Å². The summed E-state index contributed by atoms with van der Waals surface area (Å²) < 4.78 is 29.3. The third kappa shape index (κ3) is 4.87. The van der Waals surface area contributed by atoms with Crippen LogP contribution in [0.5, 0.6) is 0 Å². The molecule has 0 saturated carbocycles. The zero-order valence-electron chi connectivity index (χ0n) is 19.2. The quantitative estimate of drug-likeness (QED) is 0.362. The topological polar surface area (TPSA) is 131 Å². The Bertz CT molecular complexity index is 1410. The molecule has 5 rings (SSSR count). The average Bonchev–Trinajstić information content (AvgIpc) is 3.31. The lowest BCUT2D eigenvalue weighted by Gasteiger charge is -2.37. The third-order valence-corrected chi connectivity index (χ3v) is 5.44. The van der Waals surface area contributed by atoms with Crippen molar-refractivity contribution in [2.45, 2.75) is 12.8 Å². The number of hydrogen-bond donors (Lipinski definition) is 3. The zero-order chi connectivity index (χ0) is 24.7. The van der Waals surface area contributed by atoms with Crippen molar-refractivity contribution in [2.24, 2.45) is 14.1 Å². The first-order valence-corrected chi connectivity index (χ1v) is 10.7. The van der Waals surface area contributed by atoms with Gasteiger partial charge in [0.15, 0.2) is 11.5 Å². The van der Waals surface area contributed by atoms with Gasteiger partial charge in [-0.05, 0) is 13.0 Å². The maximum atomic E-state index is 13.0. The van der Waals surface area contributed by atoms with E-state index in [1.165, 1.54) is 11.1 Å². The van der Waals surface area contributed by atoms with E-state index in [-0.39, 0.29) is 12.5 Å². The number of carbonyl (C=O) groups excluding carboxylic acids is 1. The molecule has 1 aliphatic heterocycles. The second-order valence-corrected chi connectivity index (χ2v) is 8.46. The second kappa shape index (κ2) is 8.54. The van der Waals surface area contributed by atoms with E-state index in [1.807, 2.05) is 20.2 Å². The molecular weight excluding hydrogens is 460 g/mol. The molecule has 5 heterocycles. The molecule has 0 atom stereocenters. The SMILES string of the molecule is Cc1ncc(NC(=O)CN2CC(F)(F)C2)cc1Nc1nn(C)c2nc(Nc3cnn(C)c3)ncc12. The van der Waals surface area contributed by atoms with Crippen molar-refractivity contribution in [3.8, 4) is 0 Å². The molecule has 1 aliphatic rings. The summed E-state index contributed by atoms with van der Waals surface area (Å²) in [4.78, 5) is 26.9. The molecule has 0 aromatic carbocycles. The van der Waals surface area contributed by atoms with Crippen molar-refractivity contribution in [1.82, 2.24) is 39.4 Å². The lowest BCUT2D eigenvalue weighted by molar-refractivity contribution is -0.141. The normalized spacial score (nSPS) is 15.1. The molecule has 14 heteroatoms. The highest BCUT2D eigenvalue weighted by molar-refractivity contribution is 5.93. The monoisotopic (exact) mass is 483 g/mol. The summed E-state index contributed by atoms with van der Waals surface area (Å²) >= 11 is 0. The minimum atomic E-state index is -2.71. The molecule has 3 N–H and O–H groups in total. The summed E-state index contributed by atoms with van der Waals surface area (Å²) in [6, 6.07) is 1.71. The van der Waals surface area contributed by atoms with E-state index in [9.17, 15) is 13.6 Å². The van der Waals surface area contributed by atoms with Crippen LogP contribution in [-0.2, 0) is 18.9 Å². The van der Waals surface area contributed by atoms with Gasteiger partial charge in [-0.15, -0.1) is 0 Å². The van der Waals surface area contributed by atoms with Crippen molar-refractivity contribution in [3.63, 3.8) is 0 Å². The lowest BCUT2D eigenvalue weighted by Crippen LogP contribution is -2.57. The van der Waals surface area contributed by atoms with Crippen LogP contribution in [0, 0.1) is 6.92 Å². The third-order valence-electron chi connectivity index (χ3n) is 5.44. The first-order valence-electron chi connectivity index (χ1n) is 10.7. The van der Waals surface area contributed by atoms with Gasteiger partial charge in [-0.25, -0.2) is 18.4 Å². The number of hydrogen-bond acceptors (Lipinski definition) is 9. The molecule has 4 aromatic heterocycles. The average molecular weight is 483 g/mol. The maximum Gasteiger partial charge on any atom is 0.272 e. The summed E-state index contributed by atoms with van der Waals surface area (Å²) in [5.41, 5.74) is 3.11. The van der Waals surface area contributed by atoms with Gasteiger partial charge < -0.3 is 16.0 Å². The summed E-state index contributed by atoms with van der Waals surface area (Å²) in [6.45, 7) is 0.888. The Kier molecular flexibility index (Phi) is 5.51. The Morgan fingerprint density at radius 2 is 1.91 bits per heavy atom. The van der Waals surface area contributed by atoms with E-state index in [0.29, 0.717) is 39.9 Å². The van der Waals surface area contributed by atoms with Gasteiger partial charge in [-0.1, -0.05) is 0 Å². The predicted octanol–water partition coefficient (Wildman–Crippen LogP) is 2.18. The molecule has 0 bridgehead atoms. The minimum absolute atomic E-state index is 0.107. The van der Waals surface area contributed by atoms with Gasteiger partial charge in [-0.3, -0.25) is 19.4 Å². The summed E-state index contributed by atoms with van der Waals surface area (Å²) in [6.07, 6.45) is 6.65. The van der Waals surface area contributed by atoms with E-state index in [0.717, 1.165) is 5.69 Å². The molecule has 182 valence electrons. The van der Waals surface area contributed by atoms with E-state index < -0.39 is 19.0 Å². The van der Waals surface area contributed by atoms with Gasteiger partial charge in [0.05, 0.1) is 60.2 Å². The maximum absolute atomic E-state index is 13.0.